The van der Waals surface area contributed by atoms with E-state index < -0.39 is 12.6 Å². The van der Waals surface area contributed by atoms with Crippen molar-refractivity contribution in [2.45, 2.75) is 6.67 Å². The molecule has 0 atom stereocenters. The summed E-state index contributed by atoms with van der Waals surface area (Å²) in [5.41, 5.74) is 1.16. The lowest BCUT2D eigenvalue weighted by Crippen LogP contribution is -2.12. The highest BCUT2D eigenvalue weighted by Crippen LogP contribution is 2.10. The van der Waals surface area contributed by atoms with Gasteiger partial charge < -0.3 is 10.4 Å². The van der Waals surface area contributed by atoms with Crippen LogP contribution in [0.1, 0.15) is 5.56 Å². The molecule has 4 heteroatoms. The minimum Gasteiger partial charge on any atom is -0.480 e. The van der Waals surface area contributed by atoms with Crippen molar-refractivity contribution in [2.24, 2.45) is 0 Å². The lowest BCUT2D eigenvalue weighted by Gasteiger charge is -2.03. The third-order valence-electron chi connectivity index (χ3n) is 1.53. The Morgan fingerprint density at radius 2 is 2.31 bits per heavy atom. The molecule has 0 fully saturated rings. The molecule has 0 unspecified atom stereocenters. The van der Waals surface area contributed by atoms with Gasteiger partial charge in [0.2, 0.25) is 0 Å². The van der Waals surface area contributed by atoms with Crippen molar-refractivity contribution in [1.29, 1.82) is 0 Å². The molecule has 1 aromatic rings. The fourth-order valence-electron chi connectivity index (χ4n) is 0.942. The summed E-state index contributed by atoms with van der Waals surface area (Å²) in [6.45, 7) is -0.696. The van der Waals surface area contributed by atoms with Crippen molar-refractivity contribution < 1.29 is 14.3 Å². The monoisotopic (exact) mass is 183 g/mol. The summed E-state index contributed by atoms with van der Waals surface area (Å²) in [6.07, 6.45) is 0. The Balaban J connectivity index is 2.61. The minimum atomic E-state index is -0.939. The van der Waals surface area contributed by atoms with Gasteiger partial charge in [-0.05, 0) is 17.7 Å². The Bertz CT molecular complexity index is 301. The van der Waals surface area contributed by atoms with Crippen LogP contribution >= 0.6 is 0 Å². The Labute approximate surface area is 75.2 Å². The van der Waals surface area contributed by atoms with Crippen molar-refractivity contribution in [3.63, 3.8) is 0 Å². The van der Waals surface area contributed by atoms with Gasteiger partial charge in [-0.25, -0.2) is 4.39 Å². The lowest BCUT2D eigenvalue weighted by atomic mass is 10.2. The van der Waals surface area contributed by atoms with Crippen molar-refractivity contribution in [1.82, 2.24) is 0 Å². The first kappa shape index (κ1) is 9.51. The largest absolute Gasteiger partial charge is 0.480 e. The van der Waals surface area contributed by atoms with Gasteiger partial charge in [0.05, 0.1) is 0 Å². The smallest absolute Gasteiger partial charge is 0.322 e. The van der Waals surface area contributed by atoms with Crippen LogP contribution in [0.4, 0.5) is 10.1 Å². The number of hydrogen-bond donors (Lipinski definition) is 2. The normalized spacial score (nSPS) is 9.62. The van der Waals surface area contributed by atoms with E-state index in [1.54, 1.807) is 24.3 Å². The molecule has 1 rings (SSSR count). The summed E-state index contributed by atoms with van der Waals surface area (Å²) in [5.74, 6) is -0.939. The van der Waals surface area contributed by atoms with Gasteiger partial charge in [0.25, 0.3) is 0 Å². The Morgan fingerprint density at radius 3 is 2.92 bits per heavy atom. The van der Waals surface area contributed by atoms with Gasteiger partial charge in [0.1, 0.15) is 13.2 Å². The van der Waals surface area contributed by atoms with Crippen LogP contribution in [0.3, 0.4) is 0 Å². The van der Waals surface area contributed by atoms with E-state index in [4.69, 9.17) is 5.11 Å². The van der Waals surface area contributed by atoms with Crippen LogP contribution in [0.25, 0.3) is 0 Å². The Kier molecular flexibility index (Phi) is 3.25. The van der Waals surface area contributed by atoms with Crippen LogP contribution in [0.15, 0.2) is 24.3 Å². The molecule has 0 radical (unpaired) electrons. The highest BCUT2D eigenvalue weighted by molar-refractivity contribution is 5.72. The van der Waals surface area contributed by atoms with Gasteiger partial charge >= 0.3 is 5.97 Å². The summed E-state index contributed by atoms with van der Waals surface area (Å²) in [5, 5.41) is 11.0. The minimum absolute atomic E-state index is 0.157. The third-order valence-corrected chi connectivity index (χ3v) is 1.53. The Morgan fingerprint density at radius 1 is 1.54 bits per heavy atom. The molecular formula is C9H10FNO2. The second-order valence-electron chi connectivity index (χ2n) is 2.58. The summed E-state index contributed by atoms with van der Waals surface area (Å²) in [7, 11) is 0. The third kappa shape index (κ3) is 3.11. The summed E-state index contributed by atoms with van der Waals surface area (Å²) in [6, 6.07) is 6.61. The standard InChI is InChI=1S/C9H10FNO2/c10-5-7-2-1-3-8(4-7)11-6-9(12)13/h1-4,11H,5-6H2,(H,12,13). The molecule has 0 aliphatic carbocycles. The molecular weight excluding hydrogens is 173 g/mol. The van der Waals surface area contributed by atoms with Crippen molar-refractivity contribution in [3.05, 3.63) is 29.8 Å². The molecule has 13 heavy (non-hydrogen) atoms. The molecule has 3 nitrogen and oxygen atoms in total. The number of carboxylic acid groups (broad SMARTS) is 1. The van der Waals surface area contributed by atoms with Crippen LogP contribution in [0, 0.1) is 0 Å². The number of nitrogens with one attached hydrogen (secondary N) is 1. The number of carbonyl (C=O) groups is 1. The maximum Gasteiger partial charge on any atom is 0.322 e. The average Bonchev–Trinajstić information content (AvgIpc) is 2.15. The first-order chi connectivity index (χ1) is 6.22. The maximum atomic E-state index is 12.2. The zero-order chi connectivity index (χ0) is 9.68. The number of aliphatic carboxylic acids is 1. The summed E-state index contributed by atoms with van der Waals surface area (Å²) >= 11 is 0. The first-order valence-electron chi connectivity index (χ1n) is 3.83. The van der Waals surface area contributed by atoms with E-state index in [1.165, 1.54) is 0 Å². The molecule has 0 aliphatic rings. The lowest BCUT2D eigenvalue weighted by molar-refractivity contribution is -0.134. The molecule has 0 saturated carbocycles. The van der Waals surface area contributed by atoms with Crippen LogP contribution in [0.2, 0.25) is 0 Å². The zero-order valence-corrected chi connectivity index (χ0v) is 6.96. The van der Waals surface area contributed by atoms with E-state index in [0.29, 0.717) is 11.3 Å². The highest BCUT2D eigenvalue weighted by atomic mass is 19.1. The van der Waals surface area contributed by atoms with Crippen molar-refractivity contribution in [2.75, 3.05) is 11.9 Å². The number of alkyl halides is 1. The van der Waals surface area contributed by atoms with E-state index in [0.717, 1.165) is 0 Å². The molecule has 0 aliphatic heterocycles. The van der Waals surface area contributed by atoms with Gasteiger partial charge in [-0.3, -0.25) is 4.79 Å². The van der Waals surface area contributed by atoms with Gasteiger partial charge in [0.15, 0.2) is 0 Å². The first-order valence-corrected chi connectivity index (χ1v) is 3.83. The molecule has 0 amide bonds. The number of halogens is 1. The topological polar surface area (TPSA) is 49.3 Å². The fraction of sp³-hybridized carbons (Fsp3) is 0.222. The zero-order valence-electron chi connectivity index (χ0n) is 6.96. The number of anilines is 1. The van der Waals surface area contributed by atoms with Crippen LogP contribution in [-0.4, -0.2) is 17.6 Å². The van der Waals surface area contributed by atoms with E-state index in [-0.39, 0.29) is 6.54 Å². The predicted molar refractivity (Wildman–Crippen MR) is 47.4 cm³/mol. The fourth-order valence-corrected chi connectivity index (χ4v) is 0.942. The molecule has 0 heterocycles. The van der Waals surface area contributed by atoms with Crippen molar-refractivity contribution >= 4 is 11.7 Å². The number of benzene rings is 1. The number of rotatable bonds is 4. The van der Waals surface area contributed by atoms with Gasteiger partial charge in [-0.15, -0.1) is 0 Å². The van der Waals surface area contributed by atoms with Gasteiger partial charge in [-0.2, -0.15) is 0 Å². The van der Waals surface area contributed by atoms with E-state index in [2.05, 4.69) is 5.32 Å². The van der Waals surface area contributed by atoms with E-state index in [9.17, 15) is 9.18 Å². The molecule has 0 spiro atoms. The molecule has 2 N–H and O–H groups in total. The van der Waals surface area contributed by atoms with Crippen LogP contribution < -0.4 is 5.32 Å². The van der Waals surface area contributed by atoms with Crippen LogP contribution in [-0.2, 0) is 11.5 Å². The molecule has 70 valence electrons. The van der Waals surface area contributed by atoms with Crippen molar-refractivity contribution in [3.8, 4) is 0 Å². The van der Waals surface area contributed by atoms with E-state index >= 15 is 0 Å². The highest BCUT2D eigenvalue weighted by Gasteiger charge is 1.97. The SMILES string of the molecule is O=C(O)CNc1cccc(CF)c1. The second kappa shape index (κ2) is 4.45. The average molecular weight is 183 g/mol. The van der Waals surface area contributed by atoms with Gasteiger partial charge in [-0.1, -0.05) is 12.1 Å². The van der Waals surface area contributed by atoms with Crippen LogP contribution in [0.5, 0.6) is 0 Å². The Hall–Kier alpha value is -1.58. The predicted octanol–water partition coefficient (Wildman–Crippen LogP) is 1.65. The second-order valence-corrected chi connectivity index (χ2v) is 2.58. The summed E-state index contributed by atoms with van der Waals surface area (Å²) in [4.78, 5) is 10.2. The summed E-state index contributed by atoms with van der Waals surface area (Å²) < 4.78 is 12.2. The quantitative estimate of drug-likeness (QED) is 0.746. The molecule has 0 bridgehead atoms. The van der Waals surface area contributed by atoms with Gasteiger partial charge in [0, 0.05) is 5.69 Å². The molecule has 0 saturated heterocycles. The van der Waals surface area contributed by atoms with E-state index in [1.807, 2.05) is 0 Å². The molecule has 0 aromatic heterocycles. The number of carboxylic acids is 1. The maximum absolute atomic E-state index is 12.2. The number of hydrogen-bond acceptors (Lipinski definition) is 2. The molecule has 1 aromatic carbocycles.